The number of benzene rings is 1. The van der Waals surface area contributed by atoms with E-state index in [1.165, 1.54) is 6.26 Å². The third-order valence-corrected chi connectivity index (χ3v) is 2.90. The molecule has 0 amide bonds. The average Bonchev–Trinajstić information content (AvgIpc) is 2.71. The van der Waals surface area contributed by atoms with Crippen molar-refractivity contribution >= 4 is 20.7 Å². The van der Waals surface area contributed by atoms with Gasteiger partial charge < -0.3 is 4.42 Å². The highest BCUT2D eigenvalue weighted by molar-refractivity contribution is 8.08. The summed E-state index contributed by atoms with van der Waals surface area (Å²) in [6, 6.07) is 6.90. The van der Waals surface area contributed by atoms with Gasteiger partial charge in [0, 0.05) is 5.56 Å². The Morgan fingerprint density at radius 1 is 1.29 bits per heavy atom. The van der Waals surface area contributed by atoms with Crippen LogP contribution in [0.1, 0.15) is 0 Å². The van der Waals surface area contributed by atoms with Gasteiger partial charge in [0.15, 0.2) is 0 Å². The van der Waals surface area contributed by atoms with Crippen molar-refractivity contribution in [3.8, 4) is 11.5 Å². The summed E-state index contributed by atoms with van der Waals surface area (Å²) in [6.45, 7) is 0. The Labute approximate surface area is 87.7 Å². The molecule has 1 aromatic carbocycles. The quantitative estimate of drug-likeness (QED) is 0.741. The molecule has 2 rings (SSSR count). The van der Waals surface area contributed by atoms with Crippen LogP contribution in [0.25, 0.3) is 11.5 Å². The Morgan fingerprint density at radius 2 is 2.00 bits per heavy atom. The lowest BCUT2D eigenvalue weighted by Gasteiger charge is -1.96. The molecule has 0 aliphatic heterocycles. The molecule has 1 heterocycles. The Kier molecular flexibility index (Phi) is 2.65. The van der Waals surface area contributed by atoms with Gasteiger partial charge in [0.2, 0.25) is 5.89 Å². The molecule has 1 aromatic heterocycles. The van der Waals surface area contributed by atoms with Crippen LogP contribution in [0.15, 0.2) is 46.0 Å². The van der Waals surface area contributed by atoms with Crippen molar-refractivity contribution in [1.82, 2.24) is 4.98 Å². The minimum absolute atomic E-state index is 0.539. The van der Waals surface area contributed by atoms with Gasteiger partial charge >= 0.3 is 0 Å². The van der Waals surface area contributed by atoms with Crippen molar-refractivity contribution in [2.75, 3.05) is 0 Å². The summed E-state index contributed by atoms with van der Waals surface area (Å²) in [5.41, 5.74) is 0.834. The Morgan fingerprint density at radius 3 is 2.50 bits per heavy atom. The zero-order valence-corrected chi connectivity index (χ0v) is 8.59. The largest absolute Gasteiger partial charge is 0.445 e. The van der Waals surface area contributed by atoms with Gasteiger partial charge in [-0.05, 0) is 34.9 Å². The summed E-state index contributed by atoms with van der Waals surface area (Å²) in [4.78, 5) is 4.56. The number of oxazole rings is 1. The van der Waals surface area contributed by atoms with Gasteiger partial charge in [-0.1, -0.05) is 0 Å². The molecule has 0 aliphatic carbocycles. The van der Waals surface area contributed by atoms with E-state index in [-0.39, 0.29) is 0 Å². The summed E-state index contributed by atoms with van der Waals surface area (Å²) in [5.74, 6) is 0.539. The molecule has 0 spiro atoms. The van der Waals surface area contributed by atoms with Crippen LogP contribution in [-0.4, -0.2) is 9.19 Å². The number of nitrogens with zero attached hydrogens (tertiary/aromatic N) is 1. The molecule has 1 atom stereocenters. The smallest absolute Gasteiger partial charge is 0.225 e. The van der Waals surface area contributed by atoms with Gasteiger partial charge in [-0.15, -0.1) is 0 Å². The van der Waals surface area contributed by atoms with Gasteiger partial charge in [-0.3, -0.25) is 0 Å². The average molecular weight is 228 g/mol. The second kappa shape index (κ2) is 3.94. The van der Waals surface area contributed by atoms with E-state index in [1.54, 1.807) is 30.5 Å². The molecule has 5 heteroatoms. The fourth-order valence-corrected chi connectivity index (χ4v) is 1.73. The first kappa shape index (κ1) is 9.43. The SMILES string of the molecule is O=S(Cl)c1ccc(-c2ncco2)cc1. The minimum Gasteiger partial charge on any atom is -0.445 e. The molecule has 0 fully saturated rings. The zero-order valence-electron chi connectivity index (χ0n) is 7.01. The predicted molar refractivity (Wildman–Crippen MR) is 54.2 cm³/mol. The van der Waals surface area contributed by atoms with E-state index in [1.807, 2.05) is 0 Å². The Bertz CT molecular complexity index is 438. The molecule has 0 aliphatic rings. The topological polar surface area (TPSA) is 43.1 Å². The highest BCUT2D eigenvalue weighted by Crippen LogP contribution is 2.19. The minimum atomic E-state index is -1.46. The van der Waals surface area contributed by atoms with Crippen molar-refractivity contribution in [3.63, 3.8) is 0 Å². The van der Waals surface area contributed by atoms with Gasteiger partial charge in [0.1, 0.15) is 16.3 Å². The molecule has 14 heavy (non-hydrogen) atoms. The van der Waals surface area contributed by atoms with Gasteiger partial charge in [-0.2, -0.15) is 0 Å². The van der Waals surface area contributed by atoms with E-state index >= 15 is 0 Å². The van der Waals surface area contributed by atoms with Crippen LogP contribution >= 0.6 is 10.7 Å². The van der Waals surface area contributed by atoms with Crippen LogP contribution in [0.5, 0.6) is 0 Å². The highest BCUT2D eigenvalue weighted by atomic mass is 35.7. The number of halogens is 1. The lowest BCUT2D eigenvalue weighted by molar-refractivity contribution is 0.574. The number of aromatic nitrogens is 1. The third kappa shape index (κ3) is 1.86. The lowest BCUT2D eigenvalue weighted by Crippen LogP contribution is -1.82. The summed E-state index contributed by atoms with van der Waals surface area (Å²) in [6.07, 6.45) is 3.08. The van der Waals surface area contributed by atoms with Crippen molar-refractivity contribution in [1.29, 1.82) is 0 Å². The summed E-state index contributed by atoms with van der Waals surface area (Å²) < 4.78 is 16.0. The molecule has 0 N–H and O–H groups in total. The number of rotatable bonds is 2. The fraction of sp³-hybridized carbons (Fsp3) is 0. The van der Waals surface area contributed by atoms with E-state index in [4.69, 9.17) is 15.1 Å². The lowest BCUT2D eigenvalue weighted by atomic mass is 10.2. The number of hydrogen-bond acceptors (Lipinski definition) is 3. The highest BCUT2D eigenvalue weighted by Gasteiger charge is 2.03. The van der Waals surface area contributed by atoms with Crippen LogP contribution in [0.3, 0.4) is 0 Å². The van der Waals surface area contributed by atoms with E-state index < -0.39 is 10.0 Å². The molecule has 0 saturated heterocycles. The molecule has 3 nitrogen and oxygen atoms in total. The maximum atomic E-state index is 10.9. The first-order valence-electron chi connectivity index (χ1n) is 3.85. The fourth-order valence-electron chi connectivity index (χ4n) is 1.07. The van der Waals surface area contributed by atoms with E-state index in [0.717, 1.165) is 5.56 Å². The van der Waals surface area contributed by atoms with Crippen molar-refractivity contribution in [2.24, 2.45) is 0 Å². The van der Waals surface area contributed by atoms with Crippen LogP contribution in [0.2, 0.25) is 0 Å². The Balaban J connectivity index is 2.36. The standard InChI is InChI=1S/C9H6ClNO2S/c10-14(12)8-3-1-7(2-4-8)9-11-5-6-13-9/h1-6H. The van der Waals surface area contributed by atoms with E-state index in [0.29, 0.717) is 10.8 Å². The molecule has 0 radical (unpaired) electrons. The zero-order chi connectivity index (χ0) is 9.97. The molecule has 0 bridgehead atoms. The van der Waals surface area contributed by atoms with Crippen molar-refractivity contribution in [2.45, 2.75) is 4.90 Å². The maximum Gasteiger partial charge on any atom is 0.225 e. The van der Waals surface area contributed by atoms with Crippen molar-refractivity contribution in [3.05, 3.63) is 36.7 Å². The third-order valence-electron chi connectivity index (χ3n) is 1.72. The summed E-state index contributed by atoms with van der Waals surface area (Å²) in [5, 5.41) is 0. The van der Waals surface area contributed by atoms with Crippen LogP contribution in [-0.2, 0) is 10.0 Å². The van der Waals surface area contributed by atoms with Crippen LogP contribution in [0.4, 0.5) is 0 Å². The maximum absolute atomic E-state index is 10.9. The summed E-state index contributed by atoms with van der Waals surface area (Å²) >= 11 is 0. The molecular weight excluding hydrogens is 222 g/mol. The Hall–Kier alpha value is -1.13. The van der Waals surface area contributed by atoms with E-state index in [9.17, 15) is 4.21 Å². The second-order valence-electron chi connectivity index (χ2n) is 2.59. The summed E-state index contributed by atoms with van der Waals surface area (Å²) in [7, 11) is 3.95. The monoisotopic (exact) mass is 227 g/mol. The van der Waals surface area contributed by atoms with Gasteiger partial charge in [-0.25, -0.2) is 9.19 Å². The normalized spacial score (nSPS) is 12.6. The van der Waals surface area contributed by atoms with E-state index in [2.05, 4.69) is 4.98 Å². The van der Waals surface area contributed by atoms with Crippen LogP contribution in [0, 0.1) is 0 Å². The molecule has 2 aromatic rings. The molecule has 1 unspecified atom stereocenters. The van der Waals surface area contributed by atoms with Crippen molar-refractivity contribution < 1.29 is 8.63 Å². The predicted octanol–water partition coefficient (Wildman–Crippen LogP) is 2.60. The molecule has 72 valence electrons. The second-order valence-corrected chi connectivity index (χ2v) is 4.34. The molecular formula is C9H6ClNO2S. The number of hydrogen-bond donors (Lipinski definition) is 0. The first-order valence-corrected chi connectivity index (χ1v) is 5.83. The van der Waals surface area contributed by atoms with Gasteiger partial charge in [0.05, 0.1) is 11.1 Å². The first-order chi connectivity index (χ1) is 6.77. The van der Waals surface area contributed by atoms with Gasteiger partial charge in [0.25, 0.3) is 0 Å². The molecule has 0 saturated carbocycles. The van der Waals surface area contributed by atoms with Crippen LogP contribution < -0.4 is 0 Å².